The number of nitrogens with zero attached hydrogens (tertiary/aromatic N) is 1. The summed E-state index contributed by atoms with van der Waals surface area (Å²) in [6.45, 7) is 5.40. The van der Waals surface area contributed by atoms with Crippen molar-refractivity contribution < 1.29 is 18.7 Å². The molecule has 25 heavy (non-hydrogen) atoms. The number of halogens is 1. The molecule has 0 saturated heterocycles. The third kappa shape index (κ3) is 4.67. The van der Waals surface area contributed by atoms with Gasteiger partial charge in [-0.1, -0.05) is 11.3 Å². The molecule has 0 fully saturated rings. The fourth-order valence-corrected chi connectivity index (χ4v) is 2.91. The minimum absolute atomic E-state index is 0.305. The summed E-state index contributed by atoms with van der Waals surface area (Å²) >= 11 is 1.26. The van der Waals surface area contributed by atoms with Gasteiger partial charge in [-0.3, -0.25) is 5.32 Å². The highest BCUT2D eigenvalue weighted by atomic mass is 32.1. The lowest BCUT2D eigenvalue weighted by Gasteiger charge is -2.19. The summed E-state index contributed by atoms with van der Waals surface area (Å²) in [5.74, 6) is 0.259. The smallest absolute Gasteiger partial charge is 0.412 e. The normalized spacial score (nSPS) is 11.4. The number of nitrogens with one attached hydrogen (secondary N) is 1. The van der Waals surface area contributed by atoms with Crippen molar-refractivity contribution in [1.29, 1.82) is 0 Å². The van der Waals surface area contributed by atoms with E-state index < -0.39 is 11.7 Å². The monoisotopic (exact) mass is 360 g/mol. The van der Waals surface area contributed by atoms with E-state index in [2.05, 4.69) is 10.3 Å². The van der Waals surface area contributed by atoms with Crippen molar-refractivity contribution in [2.45, 2.75) is 26.4 Å². The number of ether oxygens (including phenoxy) is 2. The van der Waals surface area contributed by atoms with Crippen LogP contribution in [0.25, 0.3) is 10.2 Å². The summed E-state index contributed by atoms with van der Waals surface area (Å²) in [7, 11) is 0. The van der Waals surface area contributed by atoms with E-state index in [1.165, 1.54) is 23.5 Å². The zero-order chi connectivity index (χ0) is 18.0. The maximum atomic E-state index is 13.2. The van der Waals surface area contributed by atoms with Crippen molar-refractivity contribution in [3.8, 4) is 10.9 Å². The van der Waals surface area contributed by atoms with Crippen LogP contribution in [-0.4, -0.2) is 16.7 Å². The zero-order valence-corrected chi connectivity index (χ0v) is 14.8. The molecule has 1 N–H and O–H groups in total. The summed E-state index contributed by atoms with van der Waals surface area (Å²) in [5.41, 5.74) is 0.719. The van der Waals surface area contributed by atoms with E-state index in [4.69, 9.17) is 9.47 Å². The molecule has 2 aromatic carbocycles. The number of benzene rings is 2. The average Bonchev–Trinajstić information content (AvgIpc) is 2.88. The van der Waals surface area contributed by atoms with Gasteiger partial charge in [-0.15, -0.1) is 0 Å². The predicted molar refractivity (Wildman–Crippen MR) is 96.0 cm³/mol. The lowest BCUT2D eigenvalue weighted by atomic mass is 10.2. The summed E-state index contributed by atoms with van der Waals surface area (Å²) in [4.78, 5) is 16.0. The Morgan fingerprint density at radius 3 is 2.56 bits per heavy atom. The first-order valence-corrected chi connectivity index (χ1v) is 8.44. The fraction of sp³-hybridized carbons (Fsp3) is 0.222. The molecule has 1 aromatic heterocycles. The quantitative estimate of drug-likeness (QED) is 0.663. The van der Waals surface area contributed by atoms with Crippen LogP contribution in [0.3, 0.4) is 0 Å². The summed E-state index contributed by atoms with van der Waals surface area (Å²) < 4.78 is 24.8. The molecule has 1 heterocycles. The minimum atomic E-state index is -0.556. The SMILES string of the molecule is CC(C)(C)OC(=O)Nc1ccc(Oc2nc3ccc(F)cc3s2)cc1. The topological polar surface area (TPSA) is 60.5 Å². The molecule has 0 radical (unpaired) electrons. The third-order valence-electron chi connectivity index (χ3n) is 3.04. The van der Waals surface area contributed by atoms with Crippen LogP contribution >= 0.6 is 11.3 Å². The predicted octanol–water partition coefficient (Wildman–Crippen LogP) is 5.57. The Bertz CT molecular complexity index is 901. The first kappa shape index (κ1) is 17.2. The Labute approximate surface area is 148 Å². The van der Waals surface area contributed by atoms with Gasteiger partial charge in [0.05, 0.1) is 10.2 Å². The molecule has 0 bridgehead atoms. The molecule has 0 aliphatic carbocycles. The van der Waals surface area contributed by atoms with Crippen LogP contribution in [0.4, 0.5) is 14.9 Å². The largest absolute Gasteiger partial charge is 0.444 e. The molecule has 3 aromatic rings. The fourth-order valence-electron chi connectivity index (χ4n) is 2.05. The second kappa shape index (κ2) is 6.68. The van der Waals surface area contributed by atoms with Crippen molar-refractivity contribution >= 4 is 33.3 Å². The molecule has 0 aliphatic rings. The third-order valence-corrected chi connectivity index (χ3v) is 3.93. The standard InChI is InChI=1S/C18H17FN2O3S/c1-18(2,3)24-16(22)20-12-5-7-13(8-6-12)23-17-21-14-9-4-11(19)10-15(14)25-17/h4-10H,1-3H3,(H,20,22). The number of aromatic nitrogens is 1. The number of fused-ring (bicyclic) bond motifs is 1. The van der Waals surface area contributed by atoms with Crippen LogP contribution in [0.1, 0.15) is 20.8 Å². The molecular weight excluding hydrogens is 343 g/mol. The molecule has 130 valence electrons. The first-order valence-electron chi connectivity index (χ1n) is 7.62. The Kier molecular flexibility index (Phi) is 4.59. The van der Waals surface area contributed by atoms with E-state index in [0.717, 1.165) is 4.70 Å². The van der Waals surface area contributed by atoms with Gasteiger partial charge in [0.1, 0.15) is 17.2 Å². The van der Waals surface area contributed by atoms with Gasteiger partial charge in [0.2, 0.25) is 0 Å². The maximum absolute atomic E-state index is 13.2. The van der Waals surface area contributed by atoms with E-state index in [0.29, 0.717) is 22.1 Å². The number of carbonyl (C=O) groups is 1. The van der Waals surface area contributed by atoms with E-state index in [1.807, 2.05) is 0 Å². The highest BCUT2D eigenvalue weighted by Gasteiger charge is 2.16. The average molecular weight is 360 g/mol. The molecule has 1 amide bonds. The molecule has 0 saturated carbocycles. The van der Waals surface area contributed by atoms with Crippen molar-refractivity contribution in [2.75, 3.05) is 5.32 Å². The minimum Gasteiger partial charge on any atom is -0.444 e. The number of amides is 1. The maximum Gasteiger partial charge on any atom is 0.412 e. The number of hydrogen-bond donors (Lipinski definition) is 1. The molecule has 7 heteroatoms. The van der Waals surface area contributed by atoms with Gasteiger partial charge in [-0.25, -0.2) is 14.2 Å². The van der Waals surface area contributed by atoms with Gasteiger partial charge in [-0.2, -0.15) is 0 Å². The van der Waals surface area contributed by atoms with E-state index >= 15 is 0 Å². The Morgan fingerprint density at radius 1 is 1.16 bits per heavy atom. The van der Waals surface area contributed by atoms with E-state index in [1.54, 1.807) is 51.1 Å². The number of thiazole rings is 1. The van der Waals surface area contributed by atoms with Crippen LogP contribution < -0.4 is 10.1 Å². The lowest BCUT2D eigenvalue weighted by Crippen LogP contribution is -2.27. The second-order valence-corrected chi connectivity index (χ2v) is 7.34. The molecule has 5 nitrogen and oxygen atoms in total. The molecular formula is C18H17FN2O3S. The van der Waals surface area contributed by atoms with Crippen LogP contribution in [0.5, 0.6) is 10.9 Å². The number of anilines is 1. The zero-order valence-electron chi connectivity index (χ0n) is 14.0. The van der Waals surface area contributed by atoms with Crippen molar-refractivity contribution in [1.82, 2.24) is 4.98 Å². The number of hydrogen-bond acceptors (Lipinski definition) is 5. The molecule has 0 atom stereocenters. The summed E-state index contributed by atoms with van der Waals surface area (Å²) in [6, 6.07) is 11.2. The second-order valence-electron chi connectivity index (χ2n) is 6.35. The van der Waals surface area contributed by atoms with E-state index in [-0.39, 0.29) is 5.82 Å². The number of rotatable bonds is 3. The van der Waals surface area contributed by atoms with Crippen molar-refractivity contribution in [3.05, 3.63) is 48.3 Å². The highest BCUT2D eigenvalue weighted by Crippen LogP contribution is 2.32. The van der Waals surface area contributed by atoms with Crippen LogP contribution in [0.15, 0.2) is 42.5 Å². The molecule has 3 rings (SSSR count). The Hall–Kier alpha value is -2.67. The van der Waals surface area contributed by atoms with Gasteiger partial charge in [0.15, 0.2) is 0 Å². The lowest BCUT2D eigenvalue weighted by molar-refractivity contribution is 0.0636. The van der Waals surface area contributed by atoms with Crippen LogP contribution in [-0.2, 0) is 4.74 Å². The van der Waals surface area contributed by atoms with E-state index in [9.17, 15) is 9.18 Å². The Balaban J connectivity index is 1.66. The van der Waals surface area contributed by atoms with Crippen LogP contribution in [0, 0.1) is 5.82 Å². The van der Waals surface area contributed by atoms with Crippen molar-refractivity contribution in [3.63, 3.8) is 0 Å². The summed E-state index contributed by atoms with van der Waals surface area (Å²) in [6.07, 6.45) is -0.519. The Morgan fingerprint density at radius 2 is 1.88 bits per heavy atom. The van der Waals surface area contributed by atoms with Crippen molar-refractivity contribution in [2.24, 2.45) is 0 Å². The molecule has 0 unspecified atom stereocenters. The van der Waals surface area contributed by atoms with Gasteiger partial charge in [-0.05, 0) is 63.2 Å². The summed E-state index contributed by atoms with van der Waals surface area (Å²) in [5, 5.41) is 3.07. The van der Waals surface area contributed by atoms with Gasteiger partial charge in [0, 0.05) is 5.69 Å². The molecule has 0 aliphatic heterocycles. The first-order chi connectivity index (χ1) is 11.8. The van der Waals surface area contributed by atoms with Gasteiger partial charge in [0.25, 0.3) is 5.19 Å². The number of carbonyl (C=O) groups excluding carboxylic acids is 1. The molecule has 0 spiro atoms. The van der Waals surface area contributed by atoms with Gasteiger partial charge < -0.3 is 9.47 Å². The van der Waals surface area contributed by atoms with Gasteiger partial charge >= 0.3 is 6.09 Å². The van der Waals surface area contributed by atoms with Crippen LogP contribution in [0.2, 0.25) is 0 Å². The highest BCUT2D eigenvalue weighted by molar-refractivity contribution is 7.20.